The maximum Gasteiger partial charge on any atom is 0.348 e. The van der Waals surface area contributed by atoms with E-state index in [0.29, 0.717) is 0 Å². The third kappa shape index (κ3) is 4.67. The Hall–Kier alpha value is -1.63. The van der Waals surface area contributed by atoms with E-state index in [0.717, 1.165) is 75.9 Å². The summed E-state index contributed by atoms with van der Waals surface area (Å²) in [6, 6.07) is 8.56. The normalized spacial score (nSPS) is 17.0. The van der Waals surface area contributed by atoms with Crippen LogP contribution in [0.2, 0.25) is 0 Å². The third-order valence-corrected chi connectivity index (χ3v) is 6.71. The first-order chi connectivity index (χ1) is 13.7. The largest absolute Gasteiger partial charge is 0.379 e. The summed E-state index contributed by atoms with van der Waals surface area (Å²) in [4.78, 5) is 19.7. The Morgan fingerprint density at radius 1 is 1.18 bits per heavy atom. The van der Waals surface area contributed by atoms with E-state index >= 15 is 0 Å². The molecule has 1 aliphatic carbocycles. The number of benzene rings is 1. The lowest BCUT2D eigenvalue weighted by molar-refractivity contribution is 0.0368. The number of thioether (sulfide) groups is 1. The van der Waals surface area contributed by atoms with Crippen LogP contribution in [0.4, 0.5) is 0 Å². The lowest BCUT2D eigenvalue weighted by atomic mass is 10.2. The fourth-order valence-electron chi connectivity index (χ4n) is 4.17. The Morgan fingerprint density at radius 2 is 2.04 bits per heavy atom. The number of aryl methyl sites for hydroxylation is 1. The minimum absolute atomic E-state index is 0.0747. The van der Waals surface area contributed by atoms with Crippen LogP contribution in [0.1, 0.15) is 35.2 Å². The van der Waals surface area contributed by atoms with Gasteiger partial charge in [0.1, 0.15) is 5.03 Å². The molecule has 0 spiro atoms. The molecule has 1 fully saturated rings. The van der Waals surface area contributed by atoms with E-state index in [4.69, 9.17) is 4.74 Å². The summed E-state index contributed by atoms with van der Waals surface area (Å²) in [5.74, 6) is 0.863. The first-order valence-electron chi connectivity index (χ1n) is 10.3. The van der Waals surface area contributed by atoms with Crippen molar-refractivity contribution in [2.24, 2.45) is 0 Å². The van der Waals surface area contributed by atoms with Gasteiger partial charge in [0.15, 0.2) is 0 Å². The van der Waals surface area contributed by atoms with Crippen LogP contribution in [0.3, 0.4) is 0 Å². The van der Waals surface area contributed by atoms with Gasteiger partial charge in [0.05, 0.1) is 13.2 Å². The molecule has 0 atom stereocenters. The van der Waals surface area contributed by atoms with Crippen molar-refractivity contribution in [3.63, 3.8) is 0 Å². The summed E-state index contributed by atoms with van der Waals surface area (Å²) in [5, 5.41) is 0.948. The van der Waals surface area contributed by atoms with E-state index in [-0.39, 0.29) is 5.69 Å². The number of hydrogen-bond acceptors (Lipinski definition) is 5. The lowest BCUT2D eigenvalue weighted by Gasteiger charge is -2.26. The smallest absolute Gasteiger partial charge is 0.348 e. The Balaban J connectivity index is 1.44. The Kier molecular flexibility index (Phi) is 6.50. The predicted octanol–water partition coefficient (Wildman–Crippen LogP) is 3.06. The molecule has 0 radical (unpaired) electrons. The summed E-state index contributed by atoms with van der Waals surface area (Å²) in [5.41, 5.74) is 5.02. The highest BCUT2D eigenvalue weighted by atomic mass is 32.2. The van der Waals surface area contributed by atoms with Crippen LogP contribution in [0.5, 0.6) is 0 Å². The molecule has 1 aromatic heterocycles. The van der Waals surface area contributed by atoms with Crippen molar-refractivity contribution in [3.05, 3.63) is 57.1 Å². The second-order valence-corrected chi connectivity index (χ2v) is 8.68. The van der Waals surface area contributed by atoms with Crippen LogP contribution < -0.4 is 5.69 Å². The molecule has 1 aromatic carbocycles. The average molecular weight is 400 g/mol. The third-order valence-electron chi connectivity index (χ3n) is 5.62. The van der Waals surface area contributed by atoms with Gasteiger partial charge in [-0.15, -0.1) is 11.8 Å². The second kappa shape index (κ2) is 9.25. The molecule has 0 amide bonds. The van der Waals surface area contributed by atoms with Gasteiger partial charge in [-0.1, -0.05) is 29.8 Å². The highest BCUT2D eigenvalue weighted by Gasteiger charge is 2.22. The van der Waals surface area contributed by atoms with Crippen molar-refractivity contribution in [2.45, 2.75) is 49.9 Å². The van der Waals surface area contributed by atoms with Crippen molar-refractivity contribution in [1.82, 2.24) is 14.5 Å². The second-order valence-electron chi connectivity index (χ2n) is 7.72. The molecule has 4 rings (SSSR count). The van der Waals surface area contributed by atoms with E-state index in [1.54, 1.807) is 11.8 Å². The molecule has 2 aliphatic rings. The van der Waals surface area contributed by atoms with Crippen molar-refractivity contribution >= 4 is 11.8 Å². The number of rotatable bonds is 7. The molecule has 28 heavy (non-hydrogen) atoms. The van der Waals surface area contributed by atoms with Gasteiger partial charge in [0, 0.05) is 43.2 Å². The van der Waals surface area contributed by atoms with E-state index in [2.05, 4.69) is 41.1 Å². The quantitative estimate of drug-likeness (QED) is 0.529. The van der Waals surface area contributed by atoms with E-state index in [1.165, 1.54) is 22.4 Å². The van der Waals surface area contributed by atoms with E-state index in [1.807, 2.05) is 4.57 Å². The van der Waals surface area contributed by atoms with Crippen LogP contribution >= 0.6 is 11.8 Å². The summed E-state index contributed by atoms with van der Waals surface area (Å²) in [6.07, 6.45) is 4.16. The summed E-state index contributed by atoms with van der Waals surface area (Å²) < 4.78 is 7.35. The zero-order valence-electron chi connectivity index (χ0n) is 16.7. The SMILES string of the molecule is Cc1cccc(CSc2nc(=O)n(CCCN3CCOCC3)c3c2CCC3)c1. The van der Waals surface area contributed by atoms with E-state index < -0.39 is 0 Å². The van der Waals surface area contributed by atoms with Gasteiger partial charge in [0.2, 0.25) is 0 Å². The molecule has 0 N–H and O–H groups in total. The van der Waals surface area contributed by atoms with Crippen LogP contribution in [0.15, 0.2) is 34.1 Å². The van der Waals surface area contributed by atoms with Gasteiger partial charge in [-0.3, -0.25) is 9.47 Å². The summed E-state index contributed by atoms with van der Waals surface area (Å²) in [7, 11) is 0. The van der Waals surface area contributed by atoms with Crippen molar-refractivity contribution in [2.75, 3.05) is 32.8 Å². The standard InChI is InChI=1S/C22H29N3O2S/c1-17-5-2-6-18(15-17)16-28-21-19-7-3-8-20(19)25(22(26)23-21)10-4-9-24-11-13-27-14-12-24/h2,5-6,15H,3-4,7-14,16H2,1H3. The fourth-order valence-corrected chi connectivity index (χ4v) is 5.19. The molecule has 2 aromatic rings. The number of ether oxygens (including phenoxy) is 1. The topological polar surface area (TPSA) is 47.4 Å². The van der Waals surface area contributed by atoms with Crippen LogP contribution in [0.25, 0.3) is 0 Å². The molecule has 0 unspecified atom stereocenters. The minimum atomic E-state index is -0.0747. The number of fused-ring (bicyclic) bond motifs is 1. The molecule has 150 valence electrons. The monoisotopic (exact) mass is 399 g/mol. The molecule has 0 saturated carbocycles. The minimum Gasteiger partial charge on any atom is -0.379 e. The first-order valence-corrected chi connectivity index (χ1v) is 11.3. The van der Waals surface area contributed by atoms with Gasteiger partial charge in [-0.25, -0.2) is 4.79 Å². The summed E-state index contributed by atoms with van der Waals surface area (Å²) >= 11 is 1.71. The van der Waals surface area contributed by atoms with Gasteiger partial charge >= 0.3 is 5.69 Å². The zero-order chi connectivity index (χ0) is 19.3. The van der Waals surface area contributed by atoms with Crippen LogP contribution in [-0.2, 0) is 29.9 Å². The van der Waals surface area contributed by atoms with Crippen molar-refractivity contribution in [1.29, 1.82) is 0 Å². The fraction of sp³-hybridized carbons (Fsp3) is 0.545. The van der Waals surface area contributed by atoms with Gasteiger partial charge in [-0.05, 0) is 38.2 Å². The van der Waals surface area contributed by atoms with Crippen molar-refractivity contribution < 1.29 is 4.74 Å². The maximum absolute atomic E-state index is 12.8. The van der Waals surface area contributed by atoms with E-state index in [9.17, 15) is 4.79 Å². The Bertz CT molecular complexity index is 875. The molecule has 5 nitrogen and oxygen atoms in total. The molecule has 6 heteroatoms. The molecule has 0 bridgehead atoms. The lowest BCUT2D eigenvalue weighted by Crippen LogP contribution is -2.37. The Labute approximate surface area is 171 Å². The van der Waals surface area contributed by atoms with Gasteiger partial charge < -0.3 is 4.74 Å². The highest BCUT2D eigenvalue weighted by molar-refractivity contribution is 7.98. The summed E-state index contributed by atoms with van der Waals surface area (Å²) in [6.45, 7) is 7.55. The van der Waals surface area contributed by atoms with Crippen LogP contribution in [0, 0.1) is 6.92 Å². The predicted molar refractivity (Wildman–Crippen MR) is 113 cm³/mol. The Morgan fingerprint density at radius 3 is 2.86 bits per heavy atom. The number of nitrogens with zero attached hydrogens (tertiary/aromatic N) is 3. The molecular weight excluding hydrogens is 370 g/mol. The van der Waals surface area contributed by atoms with Gasteiger partial charge in [-0.2, -0.15) is 4.98 Å². The maximum atomic E-state index is 12.8. The molecule has 1 aliphatic heterocycles. The highest BCUT2D eigenvalue weighted by Crippen LogP contribution is 2.31. The van der Waals surface area contributed by atoms with Crippen LogP contribution in [-0.4, -0.2) is 47.3 Å². The first kappa shape index (κ1) is 19.7. The number of aromatic nitrogens is 2. The zero-order valence-corrected chi connectivity index (χ0v) is 17.5. The molecule has 1 saturated heterocycles. The molecular formula is C22H29N3O2S. The number of morpholine rings is 1. The number of hydrogen-bond donors (Lipinski definition) is 0. The van der Waals surface area contributed by atoms with Gasteiger partial charge in [0.25, 0.3) is 0 Å². The van der Waals surface area contributed by atoms with Crippen molar-refractivity contribution in [3.8, 4) is 0 Å². The molecule has 2 heterocycles. The average Bonchev–Trinajstić information content (AvgIpc) is 3.19.